The average molecular weight is 333 g/mol. The van der Waals surface area contributed by atoms with Gasteiger partial charge in [0.1, 0.15) is 5.56 Å². The molecule has 3 aromatic rings. The van der Waals surface area contributed by atoms with Crippen molar-refractivity contribution in [3.63, 3.8) is 0 Å². The zero-order valence-corrected chi connectivity index (χ0v) is 14.1. The fraction of sp³-hybridized carbons (Fsp3) is 0.250. The lowest BCUT2D eigenvalue weighted by Gasteiger charge is -2.24. The number of amides is 1. The van der Waals surface area contributed by atoms with Crippen LogP contribution in [0.1, 0.15) is 40.4 Å². The summed E-state index contributed by atoms with van der Waals surface area (Å²) in [5.41, 5.74) is 3.67. The van der Waals surface area contributed by atoms with E-state index >= 15 is 0 Å². The Kier molecular flexibility index (Phi) is 4.06. The first-order chi connectivity index (χ1) is 12.2. The van der Waals surface area contributed by atoms with Crippen LogP contribution >= 0.6 is 0 Å². The molecular formula is C20H19N3O2. The molecule has 1 saturated heterocycles. The number of hydrogen-bond acceptors (Lipinski definition) is 4. The van der Waals surface area contributed by atoms with Gasteiger partial charge in [-0.1, -0.05) is 35.0 Å². The molecule has 1 aliphatic heterocycles. The highest BCUT2D eigenvalue weighted by molar-refractivity contribution is 5.99. The van der Waals surface area contributed by atoms with E-state index in [-0.39, 0.29) is 11.9 Å². The van der Waals surface area contributed by atoms with E-state index in [2.05, 4.69) is 10.1 Å². The minimum atomic E-state index is -0.0314. The van der Waals surface area contributed by atoms with Gasteiger partial charge in [-0.25, -0.2) is 0 Å². The lowest BCUT2D eigenvalue weighted by atomic mass is 10.0. The monoisotopic (exact) mass is 333 g/mol. The van der Waals surface area contributed by atoms with Crippen molar-refractivity contribution in [3.8, 4) is 11.3 Å². The lowest BCUT2D eigenvalue weighted by Crippen LogP contribution is -2.30. The van der Waals surface area contributed by atoms with Gasteiger partial charge in [-0.05, 0) is 37.5 Å². The Morgan fingerprint density at radius 1 is 1.16 bits per heavy atom. The number of carbonyl (C=O) groups excluding carboxylic acids is 1. The van der Waals surface area contributed by atoms with Gasteiger partial charge in [-0.2, -0.15) is 0 Å². The van der Waals surface area contributed by atoms with Gasteiger partial charge in [0, 0.05) is 24.5 Å². The van der Waals surface area contributed by atoms with Crippen LogP contribution in [-0.4, -0.2) is 27.5 Å². The fourth-order valence-corrected chi connectivity index (χ4v) is 3.40. The molecule has 0 aliphatic carbocycles. The molecule has 1 unspecified atom stereocenters. The van der Waals surface area contributed by atoms with Crippen LogP contribution in [0, 0.1) is 6.92 Å². The van der Waals surface area contributed by atoms with E-state index in [1.807, 2.05) is 48.2 Å². The van der Waals surface area contributed by atoms with Crippen LogP contribution in [0.5, 0.6) is 0 Å². The zero-order chi connectivity index (χ0) is 17.2. The highest BCUT2D eigenvalue weighted by Gasteiger charge is 2.33. The maximum absolute atomic E-state index is 13.2. The number of likely N-dealkylation sites (tertiary alicyclic amines) is 1. The molecule has 1 fully saturated rings. The first kappa shape index (κ1) is 15.6. The first-order valence-corrected chi connectivity index (χ1v) is 8.46. The van der Waals surface area contributed by atoms with Gasteiger partial charge >= 0.3 is 0 Å². The summed E-state index contributed by atoms with van der Waals surface area (Å²) in [6, 6.07) is 11.9. The van der Waals surface area contributed by atoms with Crippen molar-refractivity contribution in [3.05, 3.63) is 71.7 Å². The highest BCUT2D eigenvalue weighted by atomic mass is 16.5. The second-order valence-corrected chi connectivity index (χ2v) is 6.37. The summed E-state index contributed by atoms with van der Waals surface area (Å²) in [7, 11) is 0. The quantitative estimate of drug-likeness (QED) is 0.726. The molecule has 126 valence electrons. The van der Waals surface area contributed by atoms with Gasteiger partial charge in [-0.3, -0.25) is 9.78 Å². The Morgan fingerprint density at radius 2 is 1.92 bits per heavy atom. The predicted molar refractivity (Wildman–Crippen MR) is 93.9 cm³/mol. The minimum absolute atomic E-state index is 0.0314. The van der Waals surface area contributed by atoms with Crippen LogP contribution in [0.2, 0.25) is 0 Å². The SMILES string of the molecule is Cc1ccc(-c2oncc2C(=O)N2CCCC2c2ccncc2)cc1. The molecule has 1 aromatic carbocycles. The normalized spacial score (nSPS) is 17.0. The second-order valence-electron chi connectivity index (χ2n) is 6.37. The summed E-state index contributed by atoms with van der Waals surface area (Å²) in [6.07, 6.45) is 7.02. The van der Waals surface area contributed by atoms with Gasteiger partial charge < -0.3 is 9.42 Å². The van der Waals surface area contributed by atoms with Crippen LogP contribution in [0.4, 0.5) is 0 Å². The summed E-state index contributed by atoms with van der Waals surface area (Å²) in [4.78, 5) is 19.1. The van der Waals surface area contributed by atoms with E-state index in [0.717, 1.165) is 36.1 Å². The molecule has 25 heavy (non-hydrogen) atoms. The van der Waals surface area contributed by atoms with Gasteiger partial charge in [0.25, 0.3) is 5.91 Å². The van der Waals surface area contributed by atoms with Crippen molar-refractivity contribution in [2.24, 2.45) is 0 Å². The molecule has 0 radical (unpaired) electrons. The average Bonchev–Trinajstić information content (AvgIpc) is 3.32. The lowest BCUT2D eigenvalue weighted by molar-refractivity contribution is 0.0736. The third-order valence-electron chi connectivity index (χ3n) is 4.72. The summed E-state index contributed by atoms with van der Waals surface area (Å²) < 4.78 is 5.40. The van der Waals surface area contributed by atoms with E-state index in [9.17, 15) is 4.79 Å². The maximum atomic E-state index is 13.2. The number of nitrogens with zero attached hydrogens (tertiary/aromatic N) is 3. The van der Waals surface area contributed by atoms with Crippen molar-refractivity contribution in [2.45, 2.75) is 25.8 Å². The molecule has 0 spiro atoms. The molecule has 0 bridgehead atoms. The molecule has 0 N–H and O–H groups in total. The second kappa shape index (κ2) is 6.51. The van der Waals surface area contributed by atoms with E-state index in [0.29, 0.717) is 11.3 Å². The van der Waals surface area contributed by atoms with E-state index in [4.69, 9.17) is 4.52 Å². The van der Waals surface area contributed by atoms with E-state index in [1.165, 1.54) is 6.20 Å². The molecule has 5 nitrogen and oxygen atoms in total. The third-order valence-corrected chi connectivity index (χ3v) is 4.72. The molecule has 4 rings (SSSR count). The molecular weight excluding hydrogens is 314 g/mol. The van der Waals surface area contributed by atoms with Crippen molar-refractivity contribution in [1.29, 1.82) is 0 Å². The smallest absolute Gasteiger partial charge is 0.259 e. The van der Waals surface area contributed by atoms with Gasteiger partial charge in [-0.15, -0.1) is 0 Å². The Balaban J connectivity index is 1.65. The van der Waals surface area contributed by atoms with Crippen molar-refractivity contribution >= 4 is 5.91 Å². The molecule has 1 aliphatic rings. The Labute approximate surface area is 146 Å². The van der Waals surface area contributed by atoms with Crippen LogP contribution < -0.4 is 0 Å². The minimum Gasteiger partial charge on any atom is -0.355 e. The highest BCUT2D eigenvalue weighted by Crippen LogP contribution is 2.34. The van der Waals surface area contributed by atoms with Crippen LogP contribution in [0.25, 0.3) is 11.3 Å². The van der Waals surface area contributed by atoms with E-state index < -0.39 is 0 Å². The number of aromatic nitrogens is 2. The molecule has 1 atom stereocenters. The van der Waals surface area contributed by atoms with Crippen LogP contribution in [-0.2, 0) is 0 Å². The number of carbonyl (C=O) groups is 1. The molecule has 0 saturated carbocycles. The van der Waals surface area contributed by atoms with Crippen molar-refractivity contribution < 1.29 is 9.32 Å². The number of rotatable bonds is 3. The first-order valence-electron chi connectivity index (χ1n) is 8.46. The summed E-state index contributed by atoms with van der Waals surface area (Å²) >= 11 is 0. The maximum Gasteiger partial charge on any atom is 0.259 e. The third kappa shape index (κ3) is 2.93. The molecule has 1 amide bonds. The van der Waals surface area contributed by atoms with Crippen LogP contribution in [0.3, 0.4) is 0 Å². The Morgan fingerprint density at radius 3 is 2.68 bits per heavy atom. The van der Waals surface area contributed by atoms with Crippen LogP contribution in [0.15, 0.2) is 59.5 Å². The standard InChI is InChI=1S/C20H19N3O2/c1-14-4-6-16(7-5-14)19-17(13-22-25-19)20(24)23-12-2-3-18(23)15-8-10-21-11-9-15/h4-11,13,18H,2-3,12H2,1H3. The summed E-state index contributed by atoms with van der Waals surface area (Å²) in [6.45, 7) is 2.77. The number of benzene rings is 1. The Bertz CT molecular complexity index is 871. The summed E-state index contributed by atoms with van der Waals surface area (Å²) in [5, 5.41) is 3.88. The molecule has 2 aromatic heterocycles. The fourth-order valence-electron chi connectivity index (χ4n) is 3.40. The largest absolute Gasteiger partial charge is 0.355 e. The topological polar surface area (TPSA) is 59.2 Å². The van der Waals surface area contributed by atoms with Gasteiger partial charge in [0.2, 0.25) is 0 Å². The van der Waals surface area contributed by atoms with Crippen molar-refractivity contribution in [1.82, 2.24) is 15.0 Å². The zero-order valence-electron chi connectivity index (χ0n) is 14.1. The predicted octanol–water partition coefficient (Wildman–Crippen LogP) is 4.02. The van der Waals surface area contributed by atoms with Gasteiger partial charge in [0.15, 0.2) is 5.76 Å². The number of pyridine rings is 1. The number of aryl methyl sites for hydroxylation is 1. The molecule has 5 heteroatoms. The Hall–Kier alpha value is -2.95. The number of hydrogen-bond donors (Lipinski definition) is 0. The van der Waals surface area contributed by atoms with Gasteiger partial charge in [0.05, 0.1) is 12.2 Å². The van der Waals surface area contributed by atoms with Crippen molar-refractivity contribution in [2.75, 3.05) is 6.54 Å². The molecule has 3 heterocycles. The van der Waals surface area contributed by atoms with E-state index in [1.54, 1.807) is 12.4 Å². The summed E-state index contributed by atoms with van der Waals surface area (Å²) in [5.74, 6) is 0.501.